The minimum absolute atomic E-state index is 0.0358. The maximum absolute atomic E-state index is 10.9. The van der Waals surface area contributed by atoms with Crippen molar-refractivity contribution in [1.82, 2.24) is 15.3 Å². The van der Waals surface area contributed by atoms with Gasteiger partial charge >= 0.3 is 0 Å². The normalized spacial score (nSPS) is 12.0. The molecular formula is C17H19N3O3. The van der Waals surface area contributed by atoms with Crippen LogP contribution in [0, 0.1) is 0 Å². The third-order valence-electron chi connectivity index (χ3n) is 2.91. The number of amides is 1. The fraction of sp³-hybridized carbons (Fsp3) is 0.235. The number of carbonyl (C=O) groups excluding carboxylic acids is 1. The van der Waals surface area contributed by atoms with Crippen molar-refractivity contribution in [3.63, 3.8) is 0 Å². The molecule has 0 fully saturated rings. The van der Waals surface area contributed by atoms with Crippen LogP contribution in [0.15, 0.2) is 42.9 Å². The van der Waals surface area contributed by atoms with Crippen LogP contribution in [0.25, 0.3) is 6.08 Å². The van der Waals surface area contributed by atoms with E-state index in [0.717, 1.165) is 5.56 Å². The highest BCUT2D eigenvalue weighted by Crippen LogP contribution is 2.22. The predicted molar refractivity (Wildman–Crippen MR) is 87.4 cm³/mol. The molecule has 0 aliphatic rings. The van der Waals surface area contributed by atoms with Gasteiger partial charge < -0.3 is 14.8 Å². The number of rotatable bonds is 6. The first-order valence-electron chi connectivity index (χ1n) is 7.15. The monoisotopic (exact) mass is 313 g/mol. The molecule has 6 heteroatoms. The minimum Gasteiger partial charge on any atom is -0.495 e. The Bertz CT molecular complexity index is 684. The maximum atomic E-state index is 10.9. The van der Waals surface area contributed by atoms with Gasteiger partial charge in [0.1, 0.15) is 5.75 Å². The molecule has 0 aliphatic carbocycles. The minimum atomic E-state index is -0.0593. The van der Waals surface area contributed by atoms with E-state index in [4.69, 9.17) is 9.47 Å². The van der Waals surface area contributed by atoms with E-state index in [1.165, 1.54) is 6.92 Å². The molecule has 0 bridgehead atoms. The smallest absolute Gasteiger partial charge is 0.219 e. The van der Waals surface area contributed by atoms with Gasteiger partial charge in [-0.1, -0.05) is 12.2 Å². The molecule has 23 heavy (non-hydrogen) atoms. The Morgan fingerprint density at radius 2 is 2.04 bits per heavy atom. The van der Waals surface area contributed by atoms with E-state index < -0.39 is 0 Å². The Morgan fingerprint density at radius 1 is 1.26 bits per heavy atom. The van der Waals surface area contributed by atoms with Gasteiger partial charge in [0, 0.05) is 31.3 Å². The van der Waals surface area contributed by atoms with Crippen LogP contribution in [0.3, 0.4) is 0 Å². The lowest BCUT2D eigenvalue weighted by molar-refractivity contribution is -0.119. The zero-order valence-electron chi connectivity index (χ0n) is 13.3. The molecule has 0 saturated carbocycles. The SMILES string of the molecule is COc1cncc(Oc2ccc(C=C[C@H](C)NC(C)=O)cn2)c1. The summed E-state index contributed by atoms with van der Waals surface area (Å²) >= 11 is 0. The van der Waals surface area contributed by atoms with Gasteiger partial charge in [0.15, 0.2) is 5.75 Å². The van der Waals surface area contributed by atoms with Crippen molar-refractivity contribution < 1.29 is 14.3 Å². The summed E-state index contributed by atoms with van der Waals surface area (Å²) in [5.41, 5.74) is 0.915. The van der Waals surface area contributed by atoms with Crippen molar-refractivity contribution in [3.05, 3.63) is 48.4 Å². The first kappa shape index (κ1) is 16.5. The second-order valence-corrected chi connectivity index (χ2v) is 4.94. The standard InChI is InChI=1S/C17H19N3O3/c1-12(20-13(2)21)4-5-14-6-7-17(19-9-14)23-16-8-15(22-3)10-18-11-16/h4-12H,1-3H3,(H,20,21)/t12-/m0/s1. The van der Waals surface area contributed by atoms with Crippen LogP contribution < -0.4 is 14.8 Å². The van der Waals surface area contributed by atoms with Crippen LogP contribution in [0.2, 0.25) is 0 Å². The van der Waals surface area contributed by atoms with Gasteiger partial charge in [-0.2, -0.15) is 0 Å². The number of pyridine rings is 2. The van der Waals surface area contributed by atoms with E-state index in [1.807, 2.05) is 25.1 Å². The molecule has 0 saturated heterocycles. The number of aromatic nitrogens is 2. The average Bonchev–Trinajstić information content (AvgIpc) is 2.54. The van der Waals surface area contributed by atoms with Gasteiger partial charge in [-0.25, -0.2) is 4.98 Å². The second-order valence-electron chi connectivity index (χ2n) is 4.94. The van der Waals surface area contributed by atoms with Crippen LogP contribution >= 0.6 is 0 Å². The molecule has 0 radical (unpaired) electrons. The number of nitrogens with zero attached hydrogens (tertiary/aromatic N) is 2. The van der Waals surface area contributed by atoms with Crippen molar-refractivity contribution in [3.8, 4) is 17.4 Å². The molecule has 0 spiro atoms. The summed E-state index contributed by atoms with van der Waals surface area (Å²) in [6.07, 6.45) is 8.67. The van der Waals surface area contributed by atoms with E-state index in [1.54, 1.807) is 37.8 Å². The maximum Gasteiger partial charge on any atom is 0.219 e. The van der Waals surface area contributed by atoms with Gasteiger partial charge in [0.2, 0.25) is 11.8 Å². The van der Waals surface area contributed by atoms with Crippen LogP contribution in [-0.4, -0.2) is 29.0 Å². The number of hydrogen-bond acceptors (Lipinski definition) is 5. The van der Waals surface area contributed by atoms with Crippen molar-refractivity contribution in [2.24, 2.45) is 0 Å². The quantitative estimate of drug-likeness (QED) is 0.887. The molecule has 0 aliphatic heterocycles. The van der Waals surface area contributed by atoms with Crippen LogP contribution in [-0.2, 0) is 4.79 Å². The molecule has 0 aromatic carbocycles. The Labute approximate surface area is 135 Å². The lowest BCUT2D eigenvalue weighted by Gasteiger charge is -2.07. The van der Waals surface area contributed by atoms with E-state index in [2.05, 4.69) is 15.3 Å². The summed E-state index contributed by atoms with van der Waals surface area (Å²) in [5.74, 6) is 1.58. The summed E-state index contributed by atoms with van der Waals surface area (Å²) in [6.45, 7) is 3.39. The van der Waals surface area contributed by atoms with Crippen molar-refractivity contribution in [2.75, 3.05) is 7.11 Å². The Hall–Kier alpha value is -2.89. The van der Waals surface area contributed by atoms with Crippen molar-refractivity contribution in [2.45, 2.75) is 19.9 Å². The fourth-order valence-electron chi connectivity index (χ4n) is 1.86. The first-order valence-corrected chi connectivity index (χ1v) is 7.15. The third kappa shape index (κ3) is 5.43. The number of nitrogens with one attached hydrogen (secondary N) is 1. The summed E-state index contributed by atoms with van der Waals surface area (Å²) in [4.78, 5) is 19.2. The molecule has 6 nitrogen and oxygen atoms in total. The van der Waals surface area contributed by atoms with Gasteiger partial charge in [-0.3, -0.25) is 9.78 Å². The fourth-order valence-corrected chi connectivity index (χ4v) is 1.86. The molecule has 0 unspecified atom stereocenters. The average molecular weight is 313 g/mol. The zero-order chi connectivity index (χ0) is 16.7. The van der Waals surface area contributed by atoms with Crippen LogP contribution in [0.4, 0.5) is 0 Å². The molecule has 2 rings (SSSR count). The number of methoxy groups -OCH3 is 1. The molecular weight excluding hydrogens is 294 g/mol. The number of ether oxygens (including phenoxy) is 2. The van der Waals surface area contributed by atoms with E-state index in [9.17, 15) is 4.79 Å². The lowest BCUT2D eigenvalue weighted by Crippen LogP contribution is -2.28. The summed E-state index contributed by atoms with van der Waals surface area (Å²) in [6, 6.07) is 5.35. The zero-order valence-corrected chi connectivity index (χ0v) is 13.3. The number of hydrogen-bond donors (Lipinski definition) is 1. The molecule has 1 amide bonds. The van der Waals surface area contributed by atoms with E-state index >= 15 is 0 Å². The molecule has 1 N–H and O–H groups in total. The molecule has 1 atom stereocenters. The highest BCUT2D eigenvalue weighted by atomic mass is 16.5. The molecule has 2 heterocycles. The second kappa shape index (κ2) is 7.93. The van der Waals surface area contributed by atoms with Gasteiger partial charge in [0.05, 0.1) is 19.5 Å². The molecule has 2 aromatic rings. The Morgan fingerprint density at radius 3 is 2.70 bits per heavy atom. The highest BCUT2D eigenvalue weighted by molar-refractivity contribution is 5.73. The van der Waals surface area contributed by atoms with E-state index in [0.29, 0.717) is 17.4 Å². The van der Waals surface area contributed by atoms with Crippen LogP contribution in [0.5, 0.6) is 17.4 Å². The largest absolute Gasteiger partial charge is 0.495 e. The summed E-state index contributed by atoms with van der Waals surface area (Å²) in [7, 11) is 1.57. The van der Waals surface area contributed by atoms with Crippen LogP contribution in [0.1, 0.15) is 19.4 Å². The lowest BCUT2D eigenvalue weighted by atomic mass is 10.2. The predicted octanol–water partition coefficient (Wildman–Crippen LogP) is 2.82. The highest BCUT2D eigenvalue weighted by Gasteiger charge is 2.02. The topological polar surface area (TPSA) is 73.3 Å². The van der Waals surface area contributed by atoms with Crippen molar-refractivity contribution in [1.29, 1.82) is 0 Å². The first-order chi connectivity index (χ1) is 11.1. The number of carbonyl (C=O) groups is 1. The summed E-state index contributed by atoms with van der Waals surface area (Å²) in [5, 5.41) is 2.78. The Kier molecular flexibility index (Phi) is 5.68. The van der Waals surface area contributed by atoms with Crippen molar-refractivity contribution >= 4 is 12.0 Å². The van der Waals surface area contributed by atoms with E-state index in [-0.39, 0.29) is 11.9 Å². The summed E-state index contributed by atoms with van der Waals surface area (Å²) < 4.78 is 10.7. The van der Waals surface area contributed by atoms with Gasteiger partial charge in [-0.05, 0) is 18.6 Å². The molecule has 120 valence electrons. The van der Waals surface area contributed by atoms with Gasteiger partial charge in [0.25, 0.3) is 0 Å². The Balaban J connectivity index is 1.99. The third-order valence-corrected chi connectivity index (χ3v) is 2.91. The molecule has 2 aromatic heterocycles. The van der Waals surface area contributed by atoms with Gasteiger partial charge in [-0.15, -0.1) is 0 Å².